The number of aromatic carboxylic acids is 1. The molecule has 4 nitrogen and oxygen atoms in total. The van der Waals surface area contributed by atoms with Gasteiger partial charge in [-0.1, -0.05) is 18.2 Å². The Kier molecular flexibility index (Phi) is 2.74. The largest absolute Gasteiger partial charge is 0.478 e. The van der Waals surface area contributed by atoms with Gasteiger partial charge in [0.2, 0.25) is 0 Å². The number of fused-ring (bicyclic) bond motifs is 2. The summed E-state index contributed by atoms with van der Waals surface area (Å²) in [5.41, 5.74) is 0.572. The lowest BCUT2D eigenvalue weighted by Crippen LogP contribution is -2.00. The predicted molar refractivity (Wildman–Crippen MR) is 83.8 cm³/mol. The van der Waals surface area contributed by atoms with Crippen LogP contribution < -0.4 is 0 Å². The topological polar surface area (TPSA) is 66.0 Å². The highest BCUT2D eigenvalue weighted by molar-refractivity contribution is 7.22. The van der Waals surface area contributed by atoms with Crippen LogP contribution in [-0.4, -0.2) is 21.3 Å². The number of H-pyrrole nitrogens is 1. The van der Waals surface area contributed by atoms with Crippen LogP contribution in [0.3, 0.4) is 0 Å². The van der Waals surface area contributed by atoms with Crippen LogP contribution in [0.25, 0.3) is 31.6 Å². The third kappa shape index (κ3) is 1.81. The zero-order valence-electron chi connectivity index (χ0n) is 11.1. The molecular formula is C16H9FN2O2S. The lowest BCUT2D eigenvalue weighted by atomic mass is 10.1. The van der Waals surface area contributed by atoms with Gasteiger partial charge >= 0.3 is 5.97 Å². The number of nitrogens with one attached hydrogen (secondary N) is 1. The Bertz CT molecular complexity index is 1000. The van der Waals surface area contributed by atoms with E-state index in [1.54, 1.807) is 0 Å². The molecule has 6 heteroatoms. The van der Waals surface area contributed by atoms with Crippen molar-refractivity contribution in [3.63, 3.8) is 0 Å². The van der Waals surface area contributed by atoms with E-state index in [0.29, 0.717) is 11.2 Å². The standard InChI is InChI=1S/C16H9FN2O2S/c17-14-9(16(20)21)5-6-10-13(14)15(19-18-10)12-7-8-3-1-2-4-11(8)22-12/h1-7H,(H,18,19)(H,20,21). The first-order valence-corrected chi connectivity index (χ1v) is 7.35. The lowest BCUT2D eigenvalue weighted by molar-refractivity contribution is 0.0692. The number of aromatic nitrogens is 2. The number of thiophene rings is 1. The Labute approximate surface area is 127 Å². The number of benzene rings is 2. The minimum atomic E-state index is -1.29. The zero-order chi connectivity index (χ0) is 15.3. The fraction of sp³-hybridized carbons (Fsp3) is 0. The number of rotatable bonds is 2. The number of halogens is 1. The van der Waals surface area contributed by atoms with Gasteiger partial charge < -0.3 is 5.11 Å². The molecule has 4 rings (SSSR count). The Morgan fingerprint density at radius 3 is 2.82 bits per heavy atom. The fourth-order valence-corrected chi connectivity index (χ4v) is 3.57. The highest BCUT2D eigenvalue weighted by atomic mass is 32.1. The molecule has 0 aliphatic carbocycles. The van der Waals surface area contributed by atoms with Gasteiger partial charge in [0.25, 0.3) is 0 Å². The Balaban J connectivity index is 2.02. The van der Waals surface area contributed by atoms with Gasteiger partial charge in [0.1, 0.15) is 11.5 Å². The van der Waals surface area contributed by atoms with E-state index in [9.17, 15) is 9.18 Å². The molecule has 2 aromatic carbocycles. The number of carboxylic acid groups (broad SMARTS) is 1. The van der Waals surface area contributed by atoms with E-state index in [0.717, 1.165) is 15.0 Å². The van der Waals surface area contributed by atoms with E-state index in [-0.39, 0.29) is 10.9 Å². The number of hydrogen-bond donors (Lipinski definition) is 2. The van der Waals surface area contributed by atoms with Crippen LogP contribution >= 0.6 is 11.3 Å². The average Bonchev–Trinajstić information content (AvgIpc) is 3.10. The molecule has 0 saturated heterocycles. The molecule has 2 heterocycles. The molecule has 108 valence electrons. The van der Waals surface area contributed by atoms with Gasteiger partial charge in [0, 0.05) is 4.70 Å². The highest BCUT2D eigenvalue weighted by Crippen LogP contribution is 2.37. The molecule has 0 unspecified atom stereocenters. The molecular weight excluding hydrogens is 303 g/mol. The maximum atomic E-state index is 14.5. The van der Waals surface area contributed by atoms with E-state index < -0.39 is 11.8 Å². The Morgan fingerprint density at radius 2 is 2.05 bits per heavy atom. The van der Waals surface area contributed by atoms with Crippen molar-refractivity contribution in [2.45, 2.75) is 0 Å². The second-order valence-corrected chi connectivity index (χ2v) is 5.96. The van der Waals surface area contributed by atoms with Crippen LogP contribution in [0.1, 0.15) is 10.4 Å². The monoisotopic (exact) mass is 312 g/mol. The predicted octanol–water partition coefficient (Wildman–Crippen LogP) is 4.28. The molecule has 0 amide bonds. The molecule has 22 heavy (non-hydrogen) atoms. The van der Waals surface area contributed by atoms with Crippen molar-refractivity contribution >= 4 is 38.3 Å². The summed E-state index contributed by atoms with van der Waals surface area (Å²) in [7, 11) is 0. The normalized spacial score (nSPS) is 11.3. The molecule has 0 aliphatic heterocycles. The van der Waals surface area contributed by atoms with Crippen LogP contribution in [0.4, 0.5) is 4.39 Å². The maximum absolute atomic E-state index is 14.5. The van der Waals surface area contributed by atoms with E-state index in [2.05, 4.69) is 10.2 Å². The highest BCUT2D eigenvalue weighted by Gasteiger charge is 2.20. The number of hydrogen-bond acceptors (Lipinski definition) is 3. The average molecular weight is 312 g/mol. The van der Waals surface area contributed by atoms with Crippen LogP contribution in [-0.2, 0) is 0 Å². The molecule has 0 aliphatic rings. The van der Waals surface area contributed by atoms with Gasteiger partial charge in [-0.2, -0.15) is 5.10 Å². The van der Waals surface area contributed by atoms with Crippen molar-refractivity contribution in [1.29, 1.82) is 0 Å². The molecule has 0 saturated carbocycles. The molecule has 2 aromatic heterocycles. The molecule has 0 spiro atoms. The van der Waals surface area contributed by atoms with E-state index >= 15 is 0 Å². The van der Waals surface area contributed by atoms with E-state index in [1.165, 1.54) is 23.5 Å². The van der Waals surface area contributed by atoms with Crippen molar-refractivity contribution in [1.82, 2.24) is 10.2 Å². The Hall–Kier alpha value is -2.73. The minimum absolute atomic E-state index is 0.214. The van der Waals surface area contributed by atoms with Crippen molar-refractivity contribution in [3.8, 4) is 10.6 Å². The number of carbonyl (C=O) groups is 1. The summed E-state index contributed by atoms with van der Waals surface area (Å²) in [6.07, 6.45) is 0. The molecule has 0 atom stereocenters. The number of nitrogens with zero attached hydrogens (tertiary/aromatic N) is 1. The van der Waals surface area contributed by atoms with Gasteiger partial charge in [-0.05, 0) is 29.7 Å². The molecule has 0 radical (unpaired) electrons. The smallest absolute Gasteiger partial charge is 0.338 e. The summed E-state index contributed by atoms with van der Waals surface area (Å²) in [5.74, 6) is -2.05. The van der Waals surface area contributed by atoms with Gasteiger partial charge in [0.05, 0.1) is 21.3 Å². The van der Waals surface area contributed by atoms with E-state index in [4.69, 9.17) is 5.11 Å². The summed E-state index contributed by atoms with van der Waals surface area (Å²) in [4.78, 5) is 11.9. The summed E-state index contributed by atoms with van der Waals surface area (Å²) >= 11 is 1.50. The Morgan fingerprint density at radius 1 is 1.23 bits per heavy atom. The van der Waals surface area contributed by atoms with Crippen LogP contribution in [0.5, 0.6) is 0 Å². The third-order valence-electron chi connectivity index (χ3n) is 3.56. The third-order valence-corrected chi connectivity index (χ3v) is 4.68. The quantitative estimate of drug-likeness (QED) is 0.580. The van der Waals surface area contributed by atoms with Crippen LogP contribution in [0, 0.1) is 5.82 Å². The summed E-state index contributed by atoms with van der Waals surface area (Å²) in [5, 5.41) is 17.3. The van der Waals surface area contributed by atoms with Crippen molar-refractivity contribution in [2.24, 2.45) is 0 Å². The summed E-state index contributed by atoms with van der Waals surface area (Å²) < 4.78 is 15.6. The lowest BCUT2D eigenvalue weighted by Gasteiger charge is -1.99. The van der Waals surface area contributed by atoms with Gasteiger partial charge in [-0.15, -0.1) is 11.3 Å². The maximum Gasteiger partial charge on any atom is 0.338 e. The second-order valence-electron chi connectivity index (χ2n) is 4.88. The van der Waals surface area contributed by atoms with Crippen LogP contribution in [0.15, 0.2) is 42.5 Å². The molecule has 4 aromatic rings. The number of carboxylic acids is 1. The van der Waals surface area contributed by atoms with Crippen molar-refractivity contribution in [3.05, 3.63) is 53.8 Å². The SMILES string of the molecule is O=C(O)c1ccc2[nH]nc(-c3cc4ccccc4s3)c2c1F. The van der Waals surface area contributed by atoms with Gasteiger partial charge in [-0.25, -0.2) is 9.18 Å². The first kappa shape index (κ1) is 13.0. The van der Waals surface area contributed by atoms with E-state index in [1.807, 2.05) is 30.3 Å². The van der Waals surface area contributed by atoms with Crippen LogP contribution in [0.2, 0.25) is 0 Å². The fourth-order valence-electron chi connectivity index (χ4n) is 2.51. The first-order chi connectivity index (χ1) is 10.6. The van der Waals surface area contributed by atoms with Crippen molar-refractivity contribution in [2.75, 3.05) is 0 Å². The molecule has 2 N–H and O–H groups in total. The first-order valence-electron chi connectivity index (χ1n) is 6.54. The minimum Gasteiger partial charge on any atom is -0.478 e. The summed E-state index contributed by atoms with van der Waals surface area (Å²) in [6.45, 7) is 0. The van der Waals surface area contributed by atoms with Gasteiger partial charge in [-0.3, -0.25) is 5.10 Å². The van der Waals surface area contributed by atoms with Crippen molar-refractivity contribution < 1.29 is 14.3 Å². The zero-order valence-corrected chi connectivity index (χ0v) is 11.9. The molecule has 0 fully saturated rings. The molecule has 0 bridgehead atoms. The van der Waals surface area contributed by atoms with Gasteiger partial charge in [0.15, 0.2) is 0 Å². The summed E-state index contributed by atoms with van der Waals surface area (Å²) in [6, 6.07) is 12.5. The number of aromatic amines is 1. The second kappa shape index (κ2) is 4.64.